The Bertz CT molecular complexity index is 493. The van der Waals surface area contributed by atoms with Crippen molar-refractivity contribution in [3.8, 4) is 11.5 Å². The average Bonchev–Trinajstić information content (AvgIpc) is 2.59. The van der Waals surface area contributed by atoms with Crippen LogP contribution in [0.5, 0.6) is 11.5 Å². The van der Waals surface area contributed by atoms with E-state index >= 15 is 0 Å². The number of hydrogen-bond donors (Lipinski definition) is 2. The predicted molar refractivity (Wildman–Crippen MR) is 98.0 cm³/mol. The third-order valence-corrected chi connectivity index (χ3v) is 4.77. The van der Waals surface area contributed by atoms with Crippen LogP contribution in [0.3, 0.4) is 0 Å². The first kappa shape index (κ1) is 19.5. The molecule has 1 saturated heterocycles. The van der Waals surface area contributed by atoms with Crippen molar-refractivity contribution in [2.75, 3.05) is 52.6 Å². The second kappa shape index (κ2) is 10.9. The lowest BCUT2D eigenvalue weighted by Crippen LogP contribution is -3.14. The van der Waals surface area contributed by atoms with Gasteiger partial charge in [-0.2, -0.15) is 0 Å². The van der Waals surface area contributed by atoms with Crippen molar-refractivity contribution in [1.29, 1.82) is 0 Å². The monoisotopic (exact) mass is 402 g/mol. The highest BCUT2D eigenvalue weighted by Gasteiger charge is 2.14. The zero-order valence-electron chi connectivity index (χ0n) is 14.9. The van der Waals surface area contributed by atoms with Crippen LogP contribution >= 0.6 is 15.9 Å². The van der Waals surface area contributed by atoms with E-state index in [1.807, 2.05) is 13.8 Å². The zero-order chi connectivity index (χ0) is 17.2. The summed E-state index contributed by atoms with van der Waals surface area (Å²) < 4.78 is 17.8. The lowest BCUT2D eigenvalue weighted by molar-refractivity contribution is -0.909. The molecular weight excluding hydrogens is 372 g/mol. The van der Waals surface area contributed by atoms with Crippen molar-refractivity contribution in [3.05, 3.63) is 22.2 Å². The van der Waals surface area contributed by atoms with Crippen molar-refractivity contribution < 1.29 is 24.4 Å². The molecule has 2 rings (SSSR count). The van der Waals surface area contributed by atoms with Gasteiger partial charge >= 0.3 is 0 Å². The summed E-state index contributed by atoms with van der Waals surface area (Å²) in [7, 11) is 0. The molecule has 1 aromatic carbocycles. The largest absolute Gasteiger partial charge is 0.490 e. The van der Waals surface area contributed by atoms with Crippen LogP contribution in [0.2, 0.25) is 0 Å². The van der Waals surface area contributed by atoms with Gasteiger partial charge in [-0.15, -0.1) is 0 Å². The standard InChI is InChI=1S/C18H29BrN2O3/c1-3-23-17-13-15(12-16(19)18(17)24-4-2)14-20-6-5-7-21-8-10-22-11-9-21/h12-13,20H,3-11,14H2,1-2H3/p+2. The summed E-state index contributed by atoms with van der Waals surface area (Å²) in [6, 6.07) is 4.24. The smallest absolute Gasteiger partial charge is 0.175 e. The Labute approximate surface area is 153 Å². The number of benzene rings is 1. The summed E-state index contributed by atoms with van der Waals surface area (Å²) in [6.07, 6.45) is 1.24. The van der Waals surface area contributed by atoms with Gasteiger partial charge in [-0.25, -0.2) is 0 Å². The van der Waals surface area contributed by atoms with E-state index in [2.05, 4.69) is 33.4 Å². The lowest BCUT2D eigenvalue weighted by atomic mass is 10.2. The molecule has 1 aliphatic heterocycles. The Morgan fingerprint density at radius 1 is 1.17 bits per heavy atom. The van der Waals surface area contributed by atoms with E-state index in [9.17, 15) is 0 Å². The number of rotatable bonds is 10. The van der Waals surface area contributed by atoms with E-state index in [0.29, 0.717) is 13.2 Å². The molecule has 0 atom stereocenters. The Morgan fingerprint density at radius 3 is 2.62 bits per heavy atom. The van der Waals surface area contributed by atoms with Crippen LogP contribution in [0.4, 0.5) is 0 Å². The normalized spacial score (nSPS) is 15.5. The van der Waals surface area contributed by atoms with Crippen molar-refractivity contribution in [1.82, 2.24) is 0 Å². The van der Waals surface area contributed by atoms with Gasteiger partial charge in [0.05, 0.1) is 44.0 Å². The summed E-state index contributed by atoms with van der Waals surface area (Å²) in [6.45, 7) is 12.8. The summed E-state index contributed by atoms with van der Waals surface area (Å²) in [4.78, 5) is 1.68. The molecule has 0 aliphatic carbocycles. The molecule has 1 aliphatic rings. The van der Waals surface area contributed by atoms with E-state index < -0.39 is 0 Å². The number of ether oxygens (including phenoxy) is 3. The van der Waals surface area contributed by atoms with Crippen LogP contribution < -0.4 is 19.7 Å². The molecule has 1 fully saturated rings. The Hall–Kier alpha value is -0.820. The molecule has 0 bridgehead atoms. The molecule has 24 heavy (non-hydrogen) atoms. The highest BCUT2D eigenvalue weighted by atomic mass is 79.9. The maximum absolute atomic E-state index is 5.73. The number of nitrogens with one attached hydrogen (secondary N) is 1. The van der Waals surface area contributed by atoms with Crippen molar-refractivity contribution in [2.24, 2.45) is 0 Å². The van der Waals surface area contributed by atoms with Crippen LogP contribution in [0.1, 0.15) is 25.8 Å². The molecule has 5 nitrogen and oxygen atoms in total. The molecule has 0 radical (unpaired) electrons. The van der Waals surface area contributed by atoms with E-state index in [1.54, 1.807) is 4.90 Å². The number of morpholine rings is 1. The van der Waals surface area contributed by atoms with E-state index in [1.165, 1.54) is 18.5 Å². The first-order valence-corrected chi connectivity index (χ1v) is 9.84. The van der Waals surface area contributed by atoms with Gasteiger partial charge in [0.15, 0.2) is 11.5 Å². The highest BCUT2D eigenvalue weighted by Crippen LogP contribution is 2.36. The quantitative estimate of drug-likeness (QED) is 0.563. The van der Waals surface area contributed by atoms with Gasteiger partial charge in [-0.3, -0.25) is 0 Å². The van der Waals surface area contributed by atoms with Gasteiger partial charge in [0.1, 0.15) is 19.6 Å². The van der Waals surface area contributed by atoms with Gasteiger partial charge < -0.3 is 24.4 Å². The number of hydrogen-bond acceptors (Lipinski definition) is 3. The minimum atomic E-state index is 0.633. The first-order chi connectivity index (χ1) is 11.7. The summed E-state index contributed by atoms with van der Waals surface area (Å²) in [5.41, 5.74) is 1.26. The fourth-order valence-electron chi connectivity index (χ4n) is 2.96. The average molecular weight is 403 g/mol. The van der Waals surface area contributed by atoms with Crippen LogP contribution in [0, 0.1) is 0 Å². The Balaban J connectivity index is 1.78. The minimum absolute atomic E-state index is 0.633. The maximum atomic E-state index is 5.73. The molecule has 3 N–H and O–H groups in total. The summed E-state index contributed by atoms with van der Waals surface area (Å²) in [5.74, 6) is 1.63. The molecule has 0 unspecified atom stereocenters. The van der Waals surface area contributed by atoms with Crippen LogP contribution in [-0.2, 0) is 11.3 Å². The number of quaternary nitrogens is 2. The van der Waals surface area contributed by atoms with Gasteiger partial charge in [-0.1, -0.05) is 0 Å². The third kappa shape index (κ3) is 6.24. The van der Waals surface area contributed by atoms with Crippen molar-refractivity contribution >= 4 is 15.9 Å². The predicted octanol–water partition coefficient (Wildman–Crippen LogP) is 0.615. The SMILES string of the molecule is CCOc1cc(C[NH2+]CCC[NH+]2CCOCC2)cc(Br)c1OCC. The fraction of sp³-hybridized carbons (Fsp3) is 0.667. The zero-order valence-corrected chi connectivity index (χ0v) is 16.5. The maximum Gasteiger partial charge on any atom is 0.175 e. The van der Waals surface area contributed by atoms with Gasteiger partial charge in [0.2, 0.25) is 0 Å². The molecule has 1 heterocycles. The first-order valence-electron chi connectivity index (χ1n) is 9.05. The highest BCUT2D eigenvalue weighted by molar-refractivity contribution is 9.10. The summed E-state index contributed by atoms with van der Waals surface area (Å²) in [5, 5.41) is 2.37. The lowest BCUT2D eigenvalue weighted by Gasteiger charge is -2.23. The topological polar surface area (TPSA) is 48.7 Å². The van der Waals surface area contributed by atoms with Crippen molar-refractivity contribution in [2.45, 2.75) is 26.8 Å². The Morgan fingerprint density at radius 2 is 1.92 bits per heavy atom. The molecule has 136 valence electrons. The van der Waals surface area contributed by atoms with E-state index in [-0.39, 0.29) is 0 Å². The molecule has 6 heteroatoms. The fourth-order valence-corrected chi connectivity index (χ4v) is 3.57. The van der Waals surface area contributed by atoms with E-state index in [0.717, 1.165) is 55.4 Å². The molecule has 0 spiro atoms. The van der Waals surface area contributed by atoms with Gasteiger partial charge in [0, 0.05) is 12.0 Å². The summed E-state index contributed by atoms with van der Waals surface area (Å²) >= 11 is 3.61. The van der Waals surface area contributed by atoms with Crippen LogP contribution in [0.15, 0.2) is 16.6 Å². The van der Waals surface area contributed by atoms with Crippen molar-refractivity contribution in [3.63, 3.8) is 0 Å². The Kier molecular flexibility index (Phi) is 8.88. The van der Waals surface area contributed by atoms with E-state index in [4.69, 9.17) is 14.2 Å². The third-order valence-electron chi connectivity index (χ3n) is 4.18. The second-order valence-corrected chi connectivity index (χ2v) is 6.87. The second-order valence-electron chi connectivity index (χ2n) is 6.02. The molecule has 0 amide bonds. The molecule has 1 aromatic rings. The van der Waals surface area contributed by atoms with Crippen LogP contribution in [-0.4, -0.2) is 52.6 Å². The molecule has 0 saturated carbocycles. The minimum Gasteiger partial charge on any atom is -0.490 e. The van der Waals surface area contributed by atoms with Gasteiger partial charge in [-0.05, 0) is 41.9 Å². The molecule has 0 aromatic heterocycles. The molecular formula is C18H31BrN2O3+2. The number of nitrogens with two attached hydrogens (primary N) is 1. The number of halogens is 1. The van der Waals surface area contributed by atoms with Crippen LogP contribution in [0.25, 0.3) is 0 Å². The van der Waals surface area contributed by atoms with Gasteiger partial charge in [0.25, 0.3) is 0 Å².